The molecule has 0 heterocycles. The first-order valence-corrected chi connectivity index (χ1v) is 11.4. The van der Waals surface area contributed by atoms with Crippen LogP contribution in [0.15, 0.2) is 11.6 Å². The second kappa shape index (κ2) is 5.11. The van der Waals surface area contributed by atoms with Crippen LogP contribution in [0.2, 0.25) is 0 Å². The maximum Gasteiger partial charge on any atom is 0.303 e. The second-order valence-corrected chi connectivity index (χ2v) is 11.5. The standard InChI is InChI=1S/C24H32O4/c1-22-6-3-12(25)9-17(22)13-10-14(13)20-16(22)4-7-23(2)21(20)15-11-18(15)24(23,28)8-5-19(26)27/h9,13-16,18,20-21,28H,3-8,10-11H2,1-2H3,(H,26,27)/t13-,14+,15-,16?,18+,20?,21+,22-,23+,24+/m1/s1. The first kappa shape index (κ1) is 17.7. The summed E-state index contributed by atoms with van der Waals surface area (Å²) in [5, 5.41) is 21.1. The molecular formula is C24H32O4. The topological polar surface area (TPSA) is 74.6 Å². The van der Waals surface area contributed by atoms with Gasteiger partial charge in [-0.2, -0.15) is 0 Å². The van der Waals surface area contributed by atoms with Gasteiger partial charge < -0.3 is 10.2 Å². The van der Waals surface area contributed by atoms with Gasteiger partial charge in [0.25, 0.3) is 0 Å². The minimum Gasteiger partial charge on any atom is -0.481 e. The predicted octanol–water partition coefficient (Wildman–Crippen LogP) is 3.83. The second-order valence-electron chi connectivity index (χ2n) is 11.5. The smallest absolute Gasteiger partial charge is 0.303 e. The van der Waals surface area contributed by atoms with Gasteiger partial charge in [0.1, 0.15) is 0 Å². The summed E-state index contributed by atoms with van der Waals surface area (Å²) in [5.41, 5.74) is 0.705. The fourth-order valence-corrected chi connectivity index (χ4v) is 9.28. The maximum atomic E-state index is 12.1. The van der Waals surface area contributed by atoms with Crippen molar-refractivity contribution < 1.29 is 19.8 Å². The molecule has 0 aromatic carbocycles. The molecule has 6 aliphatic carbocycles. The fourth-order valence-electron chi connectivity index (χ4n) is 9.28. The van der Waals surface area contributed by atoms with Gasteiger partial charge >= 0.3 is 5.97 Å². The molecule has 0 aliphatic heterocycles. The van der Waals surface area contributed by atoms with Crippen molar-refractivity contribution in [3.8, 4) is 0 Å². The number of carboxylic acid groups (broad SMARTS) is 1. The summed E-state index contributed by atoms with van der Waals surface area (Å²) in [6, 6.07) is 0. The van der Waals surface area contributed by atoms with Crippen molar-refractivity contribution in [2.24, 2.45) is 52.3 Å². The van der Waals surface area contributed by atoms with Crippen molar-refractivity contribution in [1.29, 1.82) is 0 Å². The van der Waals surface area contributed by atoms with Gasteiger partial charge in [0.15, 0.2) is 5.78 Å². The van der Waals surface area contributed by atoms with E-state index in [9.17, 15) is 19.8 Å². The van der Waals surface area contributed by atoms with Crippen molar-refractivity contribution in [3.63, 3.8) is 0 Å². The molecule has 0 aromatic heterocycles. The molecule has 0 aromatic rings. The minimum atomic E-state index is -0.796. The molecule has 0 radical (unpaired) electrons. The largest absolute Gasteiger partial charge is 0.481 e. The fraction of sp³-hybridized carbons (Fsp3) is 0.833. The van der Waals surface area contributed by atoms with Crippen LogP contribution in [0.25, 0.3) is 0 Å². The van der Waals surface area contributed by atoms with E-state index in [2.05, 4.69) is 13.8 Å². The highest BCUT2D eigenvalue weighted by molar-refractivity contribution is 5.92. The van der Waals surface area contributed by atoms with E-state index >= 15 is 0 Å². The van der Waals surface area contributed by atoms with E-state index in [0.717, 1.165) is 25.7 Å². The number of carbonyl (C=O) groups is 2. The van der Waals surface area contributed by atoms with Crippen LogP contribution in [0, 0.1) is 52.3 Å². The third kappa shape index (κ3) is 1.92. The molecule has 4 heteroatoms. The summed E-state index contributed by atoms with van der Waals surface area (Å²) in [6.07, 6.45) is 8.65. The lowest BCUT2D eigenvalue weighted by Gasteiger charge is -2.60. The van der Waals surface area contributed by atoms with E-state index in [1.807, 2.05) is 6.08 Å². The average molecular weight is 385 g/mol. The zero-order valence-corrected chi connectivity index (χ0v) is 17.0. The summed E-state index contributed by atoms with van der Waals surface area (Å²) in [7, 11) is 0. The molecule has 28 heavy (non-hydrogen) atoms. The van der Waals surface area contributed by atoms with Gasteiger partial charge in [0.2, 0.25) is 0 Å². The highest BCUT2D eigenvalue weighted by Crippen LogP contribution is 2.81. The third-order valence-electron chi connectivity index (χ3n) is 10.6. The van der Waals surface area contributed by atoms with Gasteiger partial charge in [-0.05, 0) is 96.9 Å². The number of aliphatic hydroxyl groups is 1. The van der Waals surface area contributed by atoms with Crippen LogP contribution in [0.4, 0.5) is 0 Å². The molecule has 0 amide bonds. The summed E-state index contributed by atoms with van der Waals surface area (Å²) in [6.45, 7) is 4.72. The Bertz CT molecular complexity index is 815. The summed E-state index contributed by atoms with van der Waals surface area (Å²) < 4.78 is 0. The van der Waals surface area contributed by atoms with Crippen molar-refractivity contribution >= 4 is 11.8 Å². The first-order valence-electron chi connectivity index (χ1n) is 11.4. The Kier molecular flexibility index (Phi) is 3.23. The van der Waals surface area contributed by atoms with E-state index in [4.69, 9.17) is 0 Å². The molecule has 6 rings (SSSR count). The highest BCUT2D eigenvalue weighted by atomic mass is 16.4. The van der Waals surface area contributed by atoms with Gasteiger partial charge in [-0.1, -0.05) is 19.4 Å². The monoisotopic (exact) mass is 384 g/mol. The molecule has 0 saturated heterocycles. The van der Waals surface area contributed by atoms with Gasteiger partial charge in [-0.3, -0.25) is 9.59 Å². The Hall–Kier alpha value is -1.16. The lowest BCUT2D eigenvalue weighted by molar-refractivity contribution is -0.160. The van der Waals surface area contributed by atoms with Crippen molar-refractivity contribution in [3.05, 3.63) is 11.6 Å². The van der Waals surface area contributed by atoms with Crippen molar-refractivity contribution in [1.82, 2.24) is 0 Å². The van der Waals surface area contributed by atoms with Crippen molar-refractivity contribution in [2.75, 3.05) is 0 Å². The Morgan fingerprint density at radius 3 is 2.71 bits per heavy atom. The molecule has 152 valence electrons. The average Bonchev–Trinajstić information content (AvgIpc) is 3.53. The van der Waals surface area contributed by atoms with Crippen LogP contribution < -0.4 is 0 Å². The van der Waals surface area contributed by atoms with Crippen LogP contribution in [0.3, 0.4) is 0 Å². The van der Waals surface area contributed by atoms with E-state index in [1.54, 1.807) is 0 Å². The molecule has 10 atom stereocenters. The van der Waals surface area contributed by atoms with E-state index in [1.165, 1.54) is 12.0 Å². The SMILES string of the molecule is C[C@]12CCC(=O)C=C1[C@@H]1C[C@@H]1C1C2CC[C@@]2(C)[C@H]1[C@@H]1C[C@@H]1[C@@]2(O)CCC(=O)O. The first-order chi connectivity index (χ1) is 13.2. The summed E-state index contributed by atoms with van der Waals surface area (Å²) in [4.78, 5) is 23.4. The van der Waals surface area contributed by atoms with E-state index in [0.29, 0.717) is 60.1 Å². The molecule has 6 aliphatic rings. The van der Waals surface area contributed by atoms with Gasteiger partial charge in [-0.15, -0.1) is 0 Å². The molecule has 4 nitrogen and oxygen atoms in total. The number of carbonyl (C=O) groups excluding carboxylic acids is 1. The molecule has 5 fully saturated rings. The Morgan fingerprint density at radius 1 is 1.18 bits per heavy atom. The van der Waals surface area contributed by atoms with Crippen LogP contribution in [-0.2, 0) is 9.59 Å². The molecule has 2 unspecified atom stereocenters. The number of allylic oxidation sites excluding steroid dienone is 1. The van der Waals surface area contributed by atoms with Gasteiger partial charge in [-0.25, -0.2) is 0 Å². The van der Waals surface area contributed by atoms with Gasteiger partial charge in [0, 0.05) is 12.8 Å². The Morgan fingerprint density at radius 2 is 1.96 bits per heavy atom. The number of aliphatic carboxylic acids is 1. The van der Waals surface area contributed by atoms with Crippen molar-refractivity contribution in [2.45, 2.75) is 70.8 Å². The number of ketones is 1. The zero-order valence-electron chi connectivity index (χ0n) is 17.0. The number of rotatable bonds is 3. The summed E-state index contributed by atoms with van der Waals surface area (Å²) in [5.74, 6) is 3.58. The van der Waals surface area contributed by atoms with Crippen LogP contribution in [0.1, 0.15) is 65.2 Å². The molecule has 2 N–H and O–H groups in total. The number of hydrogen-bond donors (Lipinski definition) is 2. The van der Waals surface area contributed by atoms with E-state index < -0.39 is 11.6 Å². The van der Waals surface area contributed by atoms with Crippen LogP contribution >= 0.6 is 0 Å². The summed E-state index contributed by atoms with van der Waals surface area (Å²) >= 11 is 0. The number of carboxylic acids is 1. The predicted molar refractivity (Wildman–Crippen MR) is 103 cm³/mol. The van der Waals surface area contributed by atoms with Gasteiger partial charge in [0.05, 0.1) is 5.60 Å². The Balaban J connectivity index is 1.38. The number of hydrogen-bond acceptors (Lipinski definition) is 3. The lowest BCUT2D eigenvalue weighted by atomic mass is 9.45. The molecule has 0 spiro atoms. The maximum absolute atomic E-state index is 12.1. The molecule has 0 bridgehead atoms. The lowest BCUT2D eigenvalue weighted by Crippen LogP contribution is -2.57. The Labute approximate surface area is 166 Å². The van der Waals surface area contributed by atoms with Crippen LogP contribution in [0.5, 0.6) is 0 Å². The zero-order chi connectivity index (χ0) is 19.6. The molecular weight excluding hydrogens is 352 g/mol. The van der Waals surface area contributed by atoms with E-state index in [-0.39, 0.29) is 17.3 Å². The molecule has 5 saturated carbocycles. The number of fused-ring (bicyclic) bond motifs is 10. The normalized spacial score (nSPS) is 57.9. The highest BCUT2D eigenvalue weighted by Gasteiger charge is 2.78. The third-order valence-corrected chi connectivity index (χ3v) is 10.6. The van der Waals surface area contributed by atoms with Crippen LogP contribution in [-0.4, -0.2) is 27.6 Å². The quantitative estimate of drug-likeness (QED) is 0.776. The minimum absolute atomic E-state index is 0.0783.